The minimum Gasteiger partial charge on any atom is -0.326 e. The van der Waals surface area contributed by atoms with Crippen LogP contribution in [0.25, 0.3) is 0 Å². The van der Waals surface area contributed by atoms with Gasteiger partial charge in [0, 0.05) is 12.6 Å². The minimum absolute atomic E-state index is 0.161. The lowest BCUT2D eigenvalue weighted by atomic mass is 10.2. The predicted octanol–water partition coefficient (Wildman–Crippen LogP) is 2.45. The molecular formula is C9H13F2N. The molecular weight excluding hydrogens is 160 g/mol. The number of benzene rings is 1. The number of nitrogens with two attached hydrogens (primary N) is 1. The molecule has 3 heteroatoms. The quantitative estimate of drug-likeness (QED) is 0.693. The number of halogens is 2. The Morgan fingerprint density at radius 2 is 1.50 bits per heavy atom. The van der Waals surface area contributed by atoms with Crippen LogP contribution in [0.5, 0.6) is 0 Å². The highest BCUT2D eigenvalue weighted by Crippen LogP contribution is 2.06. The molecule has 2 N–H and O–H groups in total. The Morgan fingerprint density at radius 3 is 1.83 bits per heavy atom. The lowest BCUT2D eigenvalue weighted by molar-refractivity contribution is 0.580. The van der Waals surface area contributed by atoms with Crippen molar-refractivity contribution in [3.05, 3.63) is 35.4 Å². The molecule has 0 amide bonds. The van der Waals surface area contributed by atoms with E-state index in [0.29, 0.717) is 5.56 Å². The van der Waals surface area contributed by atoms with E-state index < -0.39 is 11.6 Å². The van der Waals surface area contributed by atoms with Gasteiger partial charge in [0.1, 0.15) is 11.6 Å². The van der Waals surface area contributed by atoms with Gasteiger partial charge in [-0.25, -0.2) is 8.78 Å². The number of hydrogen-bond donors (Lipinski definition) is 1. The fourth-order valence-corrected chi connectivity index (χ4v) is 0.729. The Hall–Kier alpha value is -0.960. The van der Waals surface area contributed by atoms with Crippen molar-refractivity contribution in [3.8, 4) is 0 Å². The van der Waals surface area contributed by atoms with E-state index in [1.54, 1.807) is 0 Å². The van der Waals surface area contributed by atoms with E-state index >= 15 is 0 Å². The molecule has 0 heterocycles. The van der Waals surface area contributed by atoms with Crippen LogP contribution in [0, 0.1) is 11.6 Å². The number of hydrogen-bond acceptors (Lipinski definition) is 1. The molecule has 1 aromatic rings. The Balaban J connectivity index is 0.000000561. The Bertz CT molecular complexity index is 216. The standard InChI is InChI=1S/C7H7F2N.C2H6/c8-6-1-5(4-10)2-7(9)3-6;1-2/h1-3H,4,10H2;1-2H3. The lowest BCUT2D eigenvalue weighted by Crippen LogP contribution is -1.97. The summed E-state index contributed by atoms with van der Waals surface area (Å²) in [7, 11) is 0. The minimum atomic E-state index is -0.583. The highest BCUT2D eigenvalue weighted by molar-refractivity contribution is 5.17. The third-order valence-electron chi connectivity index (χ3n) is 1.16. The second-order valence-corrected chi connectivity index (χ2v) is 1.98. The van der Waals surface area contributed by atoms with Crippen LogP contribution < -0.4 is 5.73 Å². The van der Waals surface area contributed by atoms with E-state index in [1.807, 2.05) is 13.8 Å². The van der Waals surface area contributed by atoms with Gasteiger partial charge >= 0.3 is 0 Å². The zero-order valence-corrected chi connectivity index (χ0v) is 7.27. The monoisotopic (exact) mass is 173 g/mol. The zero-order valence-electron chi connectivity index (χ0n) is 7.27. The van der Waals surface area contributed by atoms with Crippen LogP contribution in [0.15, 0.2) is 18.2 Å². The number of rotatable bonds is 1. The first-order valence-corrected chi connectivity index (χ1v) is 3.87. The first-order valence-electron chi connectivity index (χ1n) is 3.87. The van der Waals surface area contributed by atoms with E-state index in [4.69, 9.17) is 5.73 Å². The van der Waals surface area contributed by atoms with Crippen molar-refractivity contribution in [2.24, 2.45) is 5.73 Å². The second kappa shape index (κ2) is 5.66. The molecule has 12 heavy (non-hydrogen) atoms. The third kappa shape index (κ3) is 3.44. The van der Waals surface area contributed by atoms with E-state index in [0.717, 1.165) is 6.07 Å². The molecule has 68 valence electrons. The first-order chi connectivity index (χ1) is 5.72. The molecule has 1 aromatic carbocycles. The summed E-state index contributed by atoms with van der Waals surface area (Å²) in [5.74, 6) is -1.17. The fraction of sp³-hybridized carbons (Fsp3) is 0.333. The van der Waals surface area contributed by atoms with E-state index in [1.165, 1.54) is 12.1 Å². The molecule has 1 rings (SSSR count). The molecule has 0 bridgehead atoms. The van der Waals surface area contributed by atoms with Crippen molar-refractivity contribution in [1.29, 1.82) is 0 Å². The summed E-state index contributed by atoms with van der Waals surface area (Å²) in [4.78, 5) is 0. The maximum Gasteiger partial charge on any atom is 0.126 e. The van der Waals surface area contributed by atoms with Crippen molar-refractivity contribution in [2.45, 2.75) is 20.4 Å². The summed E-state index contributed by atoms with van der Waals surface area (Å²) < 4.78 is 24.6. The molecule has 0 aliphatic carbocycles. The fourth-order valence-electron chi connectivity index (χ4n) is 0.729. The molecule has 0 unspecified atom stereocenters. The molecule has 0 atom stereocenters. The molecule has 0 fully saturated rings. The summed E-state index contributed by atoms with van der Waals surface area (Å²) in [5, 5.41) is 0. The summed E-state index contributed by atoms with van der Waals surface area (Å²) in [5.41, 5.74) is 5.62. The van der Waals surface area contributed by atoms with Crippen LogP contribution in [-0.2, 0) is 6.54 Å². The van der Waals surface area contributed by atoms with Gasteiger partial charge in [0.25, 0.3) is 0 Å². The van der Waals surface area contributed by atoms with Crippen LogP contribution in [0.3, 0.4) is 0 Å². The maximum atomic E-state index is 12.3. The topological polar surface area (TPSA) is 26.0 Å². The first kappa shape index (κ1) is 11.0. The summed E-state index contributed by atoms with van der Waals surface area (Å²) in [6.07, 6.45) is 0. The summed E-state index contributed by atoms with van der Waals surface area (Å²) in [6.45, 7) is 4.16. The SMILES string of the molecule is CC.NCc1cc(F)cc(F)c1. The van der Waals surface area contributed by atoms with Gasteiger partial charge in [0.15, 0.2) is 0 Å². The molecule has 0 spiro atoms. The maximum absolute atomic E-state index is 12.3. The van der Waals surface area contributed by atoms with Crippen LogP contribution in [0.1, 0.15) is 19.4 Å². The van der Waals surface area contributed by atoms with Gasteiger partial charge in [-0.05, 0) is 17.7 Å². The van der Waals surface area contributed by atoms with Gasteiger partial charge in [-0.2, -0.15) is 0 Å². The van der Waals surface area contributed by atoms with Gasteiger partial charge in [0.2, 0.25) is 0 Å². The van der Waals surface area contributed by atoms with Gasteiger partial charge in [-0.3, -0.25) is 0 Å². The summed E-state index contributed by atoms with van der Waals surface area (Å²) >= 11 is 0. The molecule has 0 aliphatic heterocycles. The molecule has 0 saturated heterocycles. The average Bonchev–Trinajstić information content (AvgIpc) is 2.06. The highest BCUT2D eigenvalue weighted by atomic mass is 19.1. The van der Waals surface area contributed by atoms with Crippen LogP contribution >= 0.6 is 0 Å². The highest BCUT2D eigenvalue weighted by Gasteiger charge is 1.96. The zero-order chi connectivity index (χ0) is 9.56. The van der Waals surface area contributed by atoms with Crippen LogP contribution in [0.4, 0.5) is 8.78 Å². The molecule has 0 aliphatic rings. The van der Waals surface area contributed by atoms with Crippen molar-refractivity contribution < 1.29 is 8.78 Å². The van der Waals surface area contributed by atoms with Gasteiger partial charge in [0.05, 0.1) is 0 Å². The predicted molar refractivity (Wildman–Crippen MR) is 45.6 cm³/mol. The summed E-state index contributed by atoms with van der Waals surface area (Å²) in [6, 6.07) is 3.24. The lowest BCUT2D eigenvalue weighted by Gasteiger charge is -1.95. The molecule has 0 aromatic heterocycles. The normalized spacial score (nSPS) is 8.75. The van der Waals surface area contributed by atoms with E-state index in [2.05, 4.69) is 0 Å². The Morgan fingerprint density at radius 1 is 1.08 bits per heavy atom. The Labute approximate surface area is 71.2 Å². The third-order valence-corrected chi connectivity index (χ3v) is 1.16. The second-order valence-electron chi connectivity index (χ2n) is 1.98. The molecule has 0 radical (unpaired) electrons. The van der Waals surface area contributed by atoms with Gasteiger partial charge in [-0.1, -0.05) is 13.8 Å². The largest absolute Gasteiger partial charge is 0.326 e. The van der Waals surface area contributed by atoms with Gasteiger partial charge < -0.3 is 5.73 Å². The van der Waals surface area contributed by atoms with E-state index in [9.17, 15) is 8.78 Å². The van der Waals surface area contributed by atoms with Crippen molar-refractivity contribution >= 4 is 0 Å². The smallest absolute Gasteiger partial charge is 0.126 e. The Kier molecular flexibility index (Phi) is 5.21. The van der Waals surface area contributed by atoms with Crippen molar-refractivity contribution in [2.75, 3.05) is 0 Å². The average molecular weight is 173 g/mol. The molecule has 1 nitrogen and oxygen atoms in total. The van der Waals surface area contributed by atoms with Crippen LogP contribution in [0.2, 0.25) is 0 Å². The van der Waals surface area contributed by atoms with Crippen LogP contribution in [-0.4, -0.2) is 0 Å². The van der Waals surface area contributed by atoms with Crippen molar-refractivity contribution in [1.82, 2.24) is 0 Å². The van der Waals surface area contributed by atoms with Crippen molar-refractivity contribution in [3.63, 3.8) is 0 Å². The van der Waals surface area contributed by atoms with E-state index in [-0.39, 0.29) is 6.54 Å². The molecule has 0 saturated carbocycles. The van der Waals surface area contributed by atoms with Gasteiger partial charge in [-0.15, -0.1) is 0 Å².